The molecule has 0 spiro atoms. The second-order valence-electron chi connectivity index (χ2n) is 6.47. The molecule has 4 nitrogen and oxygen atoms in total. The zero-order chi connectivity index (χ0) is 13.0. The van der Waals surface area contributed by atoms with Crippen molar-refractivity contribution < 1.29 is 4.74 Å². The minimum atomic E-state index is -0.160. The van der Waals surface area contributed by atoms with Gasteiger partial charge in [0.05, 0.1) is 12.4 Å². The highest BCUT2D eigenvalue weighted by molar-refractivity contribution is 5.15. The van der Waals surface area contributed by atoms with Crippen molar-refractivity contribution in [2.45, 2.75) is 46.1 Å². The topological polar surface area (TPSA) is 55.0 Å². The Bertz CT molecular complexity index is 523. The van der Waals surface area contributed by atoms with Gasteiger partial charge in [0.1, 0.15) is 6.10 Å². The number of rotatable bonds is 2. The number of hydrogen-bond donors (Lipinski definition) is 1. The molecule has 3 unspecified atom stereocenters. The van der Waals surface area contributed by atoms with Crippen molar-refractivity contribution in [2.24, 2.45) is 16.7 Å². The lowest BCUT2D eigenvalue weighted by atomic mass is 9.70. The average Bonchev–Trinajstić information content (AvgIpc) is 2.62. The van der Waals surface area contributed by atoms with Gasteiger partial charge in [-0.05, 0) is 30.6 Å². The number of nitrogens with one attached hydrogen (secondary N) is 1. The van der Waals surface area contributed by atoms with Crippen LogP contribution in [0.5, 0.6) is 5.88 Å². The Labute approximate surface area is 107 Å². The van der Waals surface area contributed by atoms with Crippen LogP contribution in [0.3, 0.4) is 0 Å². The Balaban J connectivity index is 1.86. The third kappa shape index (κ3) is 1.44. The first-order valence-corrected chi connectivity index (χ1v) is 6.65. The highest BCUT2D eigenvalue weighted by Gasteiger charge is 2.62. The lowest BCUT2D eigenvalue weighted by Crippen LogP contribution is -2.39. The summed E-state index contributed by atoms with van der Waals surface area (Å²) in [6.45, 7) is 7.01. The molecule has 18 heavy (non-hydrogen) atoms. The van der Waals surface area contributed by atoms with E-state index >= 15 is 0 Å². The van der Waals surface area contributed by atoms with Gasteiger partial charge in [0.15, 0.2) is 0 Å². The summed E-state index contributed by atoms with van der Waals surface area (Å²) in [5.74, 6) is 1.18. The second kappa shape index (κ2) is 3.59. The Kier molecular flexibility index (Phi) is 2.34. The molecule has 2 aliphatic carbocycles. The van der Waals surface area contributed by atoms with Crippen LogP contribution in [0.2, 0.25) is 0 Å². The number of ether oxygens (including phenoxy) is 1. The molecule has 2 saturated carbocycles. The molecule has 2 bridgehead atoms. The SMILES string of the molecule is CC1(C)C2CCC1(C)C(Oc1cc(=O)[nH]cn1)C2. The van der Waals surface area contributed by atoms with Crippen LogP contribution in [0.4, 0.5) is 0 Å². The molecule has 1 aromatic rings. The summed E-state index contributed by atoms with van der Waals surface area (Å²) in [6.07, 6.45) is 5.17. The normalized spacial score (nSPS) is 36.8. The van der Waals surface area contributed by atoms with Crippen LogP contribution in [-0.2, 0) is 0 Å². The maximum Gasteiger partial charge on any atom is 0.254 e. The summed E-state index contributed by atoms with van der Waals surface area (Å²) in [7, 11) is 0. The van der Waals surface area contributed by atoms with E-state index in [9.17, 15) is 4.79 Å². The first-order chi connectivity index (χ1) is 8.43. The predicted molar refractivity (Wildman–Crippen MR) is 68.5 cm³/mol. The van der Waals surface area contributed by atoms with Gasteiger partial charge in [-0.25, -0.2) is 4.98 Å². The number of fused-ring (bicyclic) bond motifs is 2. The van der Waals surface area contributed by atoms with Gasteiger partial charge >= 0.3 is 0 Å². The fourth-order valence-electron chi connectivity index (χ4n) is 3.87. The van der Waals surface area contributed by atoms with Gasteiger partial charge in [0, 0.05) is 5.41 Å². The van der Waals surface area contributed by atoms with Gasteiger partial charge in [0.2, 0.25) is 5.88 Å². The van der Waals surface area contributed by atoms with Crippen LogP contribution in [0.1, 0.15) is 40.0 Å². The van der Waals surface area contributed by atoms with Crippen molar-refractivity contribution in [3.05, 3.63) is 22.7 Å². The van der Waals surface area contributed by atoms with Crippen molar-refractivity contribution >= 4 is 0 Å². The monoisotopic (exact) mass is 248 g/mol. The number of H-pyrrole nitrogens is 1. The zero-order valence-corrected chi connectivity index (χ0v) is 11.2. The van der Waals surface area contributed by atoms with Gasteiger partial charge in [-0.2, -0.15) is 0 Å². The van der Waals surface area contributed by atoms with Crippen LogP contribution in [0.15, 0.2) is 17.2 Å². The van der Waals surface area contributed by atoms with Crippen molar-refractivity contribution in [1.82, 2.24) is 9.97 Å². The second-order valence-corrected chi connectivity index (χ2v) is 6.47. The van der Waals surface area contributed by atoms with E-state index in [-0.39, 0.29) is 17.1 Å². The minimum absolute atomic E-state index is 0.160. The maximum absolute atomic E-state index is 11.3. The quantitative estimate of drug-likeness (QED) is 0.874. The molecule has 1 heterocycles. The van der Waals surface area contributed by atoms with Gasteiger partial charge in [-0.3, -0.25) is 4.79 Å². The van der Waals surface area contributed by atoms with E-state index < -0.39 is 0 Å². The Hall–Kier alpha value is -1.32. The Morgan fingerprint density at radius 2 is 2.22 bits per heavy atom. The third-order valence-corrected chi connectivity index (χ3v) is 5.63. The van der Waals surface area contributed by atoms with E-state index in [4.69, 9.17) is 4.74 Å². The molecule has 0 aromatic carbocycles. The summed E-state index contributed by atoms with van der Waals surface area (Å²) in [5, 5.41) is 0. The van der Waals surface area contributed by atoms with Gasteiger partial charge in [-0.15, -0.1) is 0 Å². The summed E-state index contributed by atoms with van der Waals surface area (Å²) in [6, 6.07) is 1.43. The van der Waals surface area contributed by atoms with E-state index in [1.807, 2.05) is 0 Å². The predicted octanol–water partition coefficient (Wildman–Crippen LogP) is 2.36. The van der Waals surface area contributed by atoms with Crippen molar-refractivity contribution in [3.8, 4) is 5.88 Å². The van der Waals surface area contributed by atoms with E-state index in [1.54, 1.807) is 0 Å². The summed E-state index contributed by atoms with van der Waals surface area (Å²) in [4.78, 5) is 17.9. The molecule has 1 N–H and O–H groups in total. The number of aromatic amines is 1. The first kappa shape index (κ1) is 11.8. The minimum Gasteiger partial charge on any atom is -0.474 e. The summed E-state index contributed by atoms with van der Waals surface area (Å²) < 4.78 is 6.00. The molecule has 3 atom stereocenters. The lowest BCUT2D eigenvalue weighted by Gasteiger charge is -2.38. The highest BCUT2D eigenvalue weighted by atomic mass is 16.5. The molecular formula is C14H20N2O2. The van der Waals surface area contributed by atoms with Crippen LogP contribution in [-0.4, -0.2) is 16.1 Å². The molecule has 0 aliphatic heterocycles. The van der Waals surface area contributed by atoms with Crippen molar-refractivity contribution in [1.29, 1.82) is 0 Å². The highest BCUT2D eigenvalue weighted by Crippen LogP contribution is 2.66. The van der Waals surface area contributed by atoms with Gasteiger partial charge in [0.25, 0.3) is 5.56 Å². The molecule has 1 aromatic heterocycles. The number of nitrogens with zero attached hydrogens (tertiary/aromatic N) is 1. The van der Waals surface area contributed by atoms with E-state index in [1.165, 1.54) is 25.2 Å². The molecule has 2 aliphatic rings. The van der Waals surface area contributed by atoms with E-state index in [0.29, 0.717) is 11.3 Å². The van der Waals surface area contributed by atoms with E-state index in [2.05, 4.69) is 30.7 Å². The number of aromatic nitrogens is 2. The molecule has 4 heteroatoms. The van der Waals surface area contributed by atoms with Crippen LogP contribution >= 0.6 is 0 Å². The van der Waals surface area contributed by atoms with Crippen LogP contribution in [0.25, 0.3) is 0 Å². The third-order valence-electron chi connectivity index (χ3n) is 5.63. The summed E-state index contributed by atoms with van der Waals surface area (Å²) in [5.41, 5.74) is 0.355. The molecule has 2 fully saturated rings. The van der Waals surface area contributed by atoms with Gasteiger partial charge < -0.3 is 9.72 Å². The number of hydrogen-bond acceptors (Lipinski definition) is 3. The van der Waals surface area contributed by atoms with Crippen LogP contribution in [0, 0.1) is 16.7 Å². The Morgan fingerprint density at radius 1 is 1.44 bits per heavy atom. The van der Waals surface area contributed by atoms with E-state index in [0.717, 1.165) is 12.3 Å². The molecular weight excluding hydrogens is 228 g/mol. The average molecular weight is 248 g/mol. The fraction of sp³-hybridized carbons (Fsp3) is 0.714. The largest absolute Gasteiger partial charge is 0.474 e. The van der Waals surface area contributed by atoms with Gasteiger partial charge in [-0.1, -0.05) is 20.8 Å². The zero-order valence-electron chi connectivity index (χ0n) is 11.2. The van der Waals surface area contributed by atoms with Crippen LogP contribution < -0.4 is 10.3 Å². The lowest BCUT2D eigenvalue weighted by molar-refractivity contribution is 0.0271. The molecule has 3 rings (SSSR count). The smallest absolute Gasteiger partial charge is 0.254 e. The molecule has 0 radical (unpaired) electrons. The maximum atomic E-state index is 11.3. The first-order valence-electron chi connectivity index (χ1n) is 6.65. The fourth-order valence-corrected chi connectivity index (χ4v) is 3.87. The molecule has 98 valence electrons. The Morgan fingerprint density at radius 3 is 2.78 bits per heavy atom. The van der Waals surface area contributed by atoms with Crippen molar-refractivity contribution in [3.63, 3.8) is 0 Å². The molecule has 0 saturated heterocycles. The summed E-state index contributed by atoms with van der Waals surface area (Å²) >= 11 is 0. The van der Waals surface area contributed by atoms with Crippen molar-refractivity contribution in [2.75, 3.05) is 0 Å². The molecule has 0 amide bonds. The standard InChI is InChI=1S/C14H20N2O2/c1-13(2)9-4-5-14(13,3)10(6-9)18-12-7-11(17)15-8-16-12/h7-10H,4-6H2,1-3H3,(H,15,16,17).